The van der Waals surface area contributed by atoms with E-state index in [0.29, 0.717) is 34.8 Å². The number of rotatable bonds is 7. The van der Waals surface area contributed by atoms with Crippen molar-refractivity contribution < 1.29 is 41.6 Å². The van der Waals surface area contributed by atoms with Crippen LogP contribution in [0.2, 0.25) is 0 Å². The van der Waals surface area contributed by atoms with Crippen molar-refractivity contribution in [2.45, 2.75) is 12.8 Å². The van der Waals surface area contributed by atoms with Crippen LogP contribution in [0.5, 0.6) is 5.75 Å². The van der Waals surface area contributed by atoms with Crippen LogP contribution in [0.3, 0.4) is 0 Å². The van der Waals surface area contributed by atoms with Crippen molar-refractivity contribution in [2.75, 3.05) is 10.6 Å². The second-order valence-electron chi connectivity index (χ2n) is 8.09. The fourth-order valence-corrected chi connectivity index (χ4v) is 5.88. The van der Waals surface area contributed by atoms with Crippen molar-refractivity contribution in [1.29, 1.82) is 0 Å². The molecular weight excluding hydrogens is 792 g/mol. The van der Waals surface area contributed by atoms with Gasteiger partial charge in [-0.3, -0.25) is 0 Å². The van der Waals surface area contributed by atoms with E-state index in [-0.39, 0.29) is 5.75 Å². The summed E-state index contributed by atoms with van der Waals surface area (Å²) in [4.78, 5) is 17.2. The van der Waals surface area contributed by atoms with Crippen LogP contribution in [-0.2, 0) is 6.54 Å². The third-order valence-electron chi connectivity index (χ3n) is 5.27. The second-order valence-corrected chi connectivity index (χ2v) is 12.2. The number of phenols is 1. The number of aromatic hydroxyl groups is 1. The molecule has 0 unspecified atom stereocenters. The number of hydrogen-bond acceptors (Lipinski definition) is 7. The molecule has 12 heteroatoms. The first-order valence-electron chi connectivity index (χ1n) is 11.5. The number of aliphatic hydroxyl groups excluding tert-OH is 1. The molecule has 0 spiro atoms. The van der Waals surface area contributed by atoms with Gasteiger partial charge in [-0.05, 0) is 0 Å². The van der Waals surface area contributed by atoms with E-state index in [1.54, 1.807) is 36.5 Å². The standard InChI is InChI=1S/C27H23BrI2N5O4/c28-21-15-32-30-24(13-22(35-25(21)29)20-6-1-2-7-23(20)36)31-14-16-4-3-5-19(12-16)34-27(39)33-18-10-8-17(9-11-18)26(37)38/h1-13,15,26,31,36-38H,14H2,(H2,33,34,39)/q-1/b24-13+,25-21-,32-15-,35-22+. The molecule has 202 valence electrons. The fraction of sp³-hybridized carbons (Fsp3) is 0.0741. The van der Waals surface area contributed by atoms with Gasteiger partial charge in [-0.25, -0.2) is 0 Å². The van der Waals surface area contributed by atoms with Gasteiger partial charge in [0, 0.05) is 5.56 Å². The first kappa shape index (κ1) is 29.2. The maximum absolute atomic E-state index is 12.5. The zero-order valence-corrected chi connectivity index (χ0v) is 26.0. The van der Waals surface area contributed by atoms with Crippen LogP contribution >= 0.6 is 38.5 Å². The molecule has 0 bridgehead atoms. The Labute approximate surface area is 257 Å². The van der Waals surface area contributed by atoms with Gasteiger partial charge in [0.2, 0.25) is 0 Å². The van der Waals surface area contributed by atoms with Crippen molar-refractivity contribution in [1.82, 2.24) is 5.32 Å². The number of aliphatic imine (C=N–C) groups is 1. The molecule has 0 saturated carbocycles. The van der Waals surface area contributed by atoms with Crippen LogP contribution in [-0.4, -0.2) is 33.3 Å². The molecule has 0 radical (unpaired) electrons. The van der Waals surface area contributed by atoms with Gasteiger partial charge in [0.15, 0.2) is 6.29 Å². The normalized spacial score (nSPS) is 19.2. The SMILES string of the molecule is O=C(Nc1ccc(C(O)O)cc1)Nc1cccc(CN/C2=C/C(c3ccccc3O)=N\C(I)=C(Br)\C=N/[I-]2)c1. The predicted molar refractivity (Wildman–Crippen MR) is 161 cm³/mol. The molecule has 3 aromatic carbocycles. The number of hydrogen-bond donors (Lipinski definition) is 6. The molecule has 6 N–H and O–H groups in total. The first-order chi connectivity index (χ1) is 18.8. The van der Waals surface area contributed by atoms with E-state index < -0.39 is 33.8 Å². The summed E-state index contributed by atoms with van der Waals surface area (Å²) in [5, 5.41) is 37.8. The van der Waals surface area contributed by atoms with Gasteiger partial charge >= 0.3 is 238 Å². The summed E-state index contributed by atoms with van der Waals surface area (Å²) >= 11 is 4.88. The minimum atomic E-state index is -1.56. The van der Waals surface area contributed by atoms with Crippen molar-refractivity contribution in [3.05, 3.63) is 107 Å². The molecule has 0 saturated heterocycles. The van der Waals surface area contributed by atoms with Crippen LogP contribution in [0.4, 0.5) is 16.2 Å². The minimum absolute atomic E-state index is 0.143. The Balaban J connectivity index is 1.45. The fourth-order valence-electron chi connectivity index (χ4n) is 3.40. The molecule has 0 aromatic heterocycles. The van der Waals surface area contributed by atoms with Gasteiger partial charge in [0.05, 0.1) is 0 Å². The molecule has 0 aliphatic carbocycles. The zero-order chi connectivity index (χ0) is 27.8. The van der Waals surface area contributed by atoms with Gasteiger partial charge in [-0.2, -0.15) is 0 Å². The monoisotopic (exact) mass is 814 g/mol. The number of phenolic OH excluding ortho intramolecular Hbond substituents is 1. The summed E-state index contributed by atoms with van der Waals surface area (Å²) in [5.74, 6) is 0.143. The summed E-state index contributed by atoms with van der Waals surface area (Å²) in [5.41, 5.74) is 3.65. The maximum atomic E-state index is 12.5. The Kier molecular flexibility index (Phi) is 10.5. The zero-order valence-electron chi connectivity index (χ0n) is 20.1. The Morgan fingerprint density at radius 2 is 1.74 bits per heavy atom. The Morgan fingerprint density at radius 3 is 2.49 bits per heavy atom. The van der Waals surface area contributed by atoms with E-state index in [9.17, 15) is 20.1 Å². The summed E-state index contributed by atoms with van der Waals surface area (Å²) < 4.78 is 6.99. The number of carbonyl (C=O) groups excluding carboxylic acids is 1. The van der Waals surface area contributed by atoms with Crippen molar-refractivity contribution in [3.63, 3.8) is 0 Å². The Hall–Kier alpha value is -2.79. The molecule has 1 aliphatic heterocycles. The number of halogens is 3. The molecule has 9 nitrogen and oxygen atoms in total. The van der Waals surface area contributed by atoms with Crippen molar-refractivity contribution >= 4 is 67.9 Å². The van der Waals surface area contributed by atoms with Crippen LogP contribution in [0, 0.1) is 0 Å². The molecule has 1 aliphatic rings. The predicted octanol–water partition coefficient (Wildman–Crippen LogP) is 2.53. The van der Waals surface area contributed by atoms with E-state index in [0.717, 1.165) is 17.5 Å². The van der Waals surface area contributed by atoms with Gasteiger partial charge in [-0.1, -0.05) is 0 Å². The number of nitrogens with one attached hydrogen (secondary N) is 3. The average Bonchev–Trinajstić information content (AvgIpc) is 2.97. The second kappa shape index (κ2) is 14.0. The number of para-hydroxylation sites is 1. The van der Waals surface area contributed by atoms with Crippen LogP contribution in [0.25, 0.3) is 0 Å². The number of aliphatic hydroxyl groups is 2. The van der Waals surface area contributed by atoms with Crippen LogP contribution in [0.1, 0.15) is 23.0 Å². The first-order valence-corrected chi connectivity index (χ1v) is 15.4. The number of carbonyl (C=O) groups is 1. The molecule has 3 aromatic rings. The molecular formula is C27H23BrI2N5O4-. The van der Waals surface area contributed by atoms with E-state index in [4.69, 9.17) is 4.99 Å². The van der Waals surface area contributed by atoms with E-state index >= 15 is 0 Å². The molecule has 4 rings (SSSR count). The van der Waals surface area contributed by atoms with Crippen molar-refractivity contribution in [3.8, 4) is 5.75 Å². The number of urea groups is 1. The van der Waals surface area contributed by atoms with Crippen LogP contribution in [0.15, 0.2) is 99.0 Å². The number of benzene rings is 3. The summed E-state index contributed by atoms with van der Waals surface area (Å²) in [7, 11) is 0. The third kappa shape index (κ3) is 8.60. The summed E-state index contributed by atoms with van der Waals surface area (Å²) in [6.45, 7) is 0.489. The van der Waals surface area contributed by atoms with Crippen molar-refractivity contribution in [2.24, 2.45) is 8.20 Å². The van der Waals surface area contributed by atoms with Gasteiger partial charge in [0.25, 0.3) is 0 Å². The van der Waals surface area contributed by atoms with Crippen LogP contribution < -0.4 is 37.4 Å². The third-order valence-corrected chi connectivity index (χ3v) is 9.19. The number of allylic oxidation sites excluding steroid dienone is 2. The van der Waals surface area contributed by atoms with E-state index in [2.05, 4.69) is 57.7 Å². The van der Waals surface area contributed by atoms with E-state index in [1.165, 1.54) is 12.1 Å². The molecule has 39 heavy (non-hydrogen) atoms. The topological polar surface area (TPSA) is 139 Å². The molecule has 0 fully saturated rings. The van der Waals surface area contributed by atoms with Gasteiger partial charge in [0.1, 0.15) is 0 Å². The Bertz CT molecular complexity index is 1470. The quantitative estimate of drug-likeness (QED) is 0.124. The summed E-state index contributed by atoms with van der Waals surface area (Å²) in [6.07, 6.45) is 2.11. The average molecular weight is 815 g/mol. The molecule has 1 heterocycles. The number of amides is 2. The summed E-state index contributed by atoms with van der Waals surface area (Å²) in [6, 6.07) is 20.3. The van der Waals surface area contributed by atoms with E-state index in [1.807, 2.05) is 36.4 Å². The van der Waals surface area contributed by atoms with Gasteiger partial charge in [-0.15, -0.1) is 0 Å². The van der Waals surface area contributed by atoms with Gasteiger partial charge < -0.3 is 10.2 Å². The number of anilines is 2. The molecule has 2 amide bonds. The molecule has 0 atom stereocenters. The number of nitrogens with zero attached hydrogens (tertiary/aromatic N) is 2. The Morgan fingerprint density at radius 1 is 1.00 bits per heavy atom.